The average molecular weight is 461 g/mol. The highest BCUT2D eigenvalue weighted by atomic mass is 16.5. The van der Waals surface area contributed by atoms with E-state index < -0.39 is 23.5 Å². The molecule has 2 N–H and O–H groups in total. The Labute approximate surface area is 198 Å². The molecular weight excluding hydrogens is 432 g/mol. The van der Waals surface area contributed by atoms with Gasteiger partial charge in [-0.25, -0.2) is 9.59 Å². The zero-order valence-electron chi connectivity index (χ0n) is 18.9. The molecule has 2 aromatic carbocycles. The summed E-state index contributed by atoms with van der Waals surface area (Å²) in [4.78, 5) is 39.5. The van der Waals surface area contributed by atoms with Crippen molar-refractivity contribution in [3.05, 3.63) is 59.7 Å². The first-order valence-electron chi connectivity index (χ1n) is 12.1. The van der Waals surface area contributed by atoms with Crippen molar-refractivity contribution in [2.45, 2.75) is 49.6 Å². The zero-order chi connectivity index (χ0) is 23.4. The van der Waals surface area contributed by atoms with E-state index >= 15 is 0 Å². The van der Waals surface area contributed by atoms with E-state index in [1.165, 1.54) is 11.1 Å². The number of carbonyl (C=O) groups excluding carboxylic acids is 2. The largest absolute Gasteiger partial charge is 0.479 e. The normalized spacial score (nSPS) is 28.7. The molecule has 2 heterocycles. The van der Waals surface area contributed by atoms with Crippen LogP contribution in [0.1, 0.15) is 49.1 Å². The number of carbonyl (C=O) groups is 3. The van der Waals surface area contributed by atoms with Crippen LogP contribution in [-0.4, -0.2) is 52.7 Å². The van der Waals surface area contributed by atoms with E-state index in [0.717, 1.165) is 17.5 Å². The van der Waals surface area contributed by atoms with E-state index in [0.29, 0.717) is 32.2 Å². The minimum absolute atomic E-state index is 0.0222. The molecule has 7 nitrogen and oxygen atoms in total. The monoisotopic (exact) mass is 460 g/mol. The summed E-state index contributed by atoms with van der Waals surface area (Å²) in [6.45, 7) is 0.737. The Morgan fingerprint density at radius 3 is 2.29 bits per heavy atom. The Morgan fingerprint density at radius 1 is 1.00 bits per heavy atom. The Hall–Kier alpha value is -3.35. The number of carboxylic acids is 1. The second-order valence-corrected chi connectivity index (χ2v) is 10.2. The third kappa shape index (κ3) is 3.13. The lowest BCUT2D eigenvalue weighted by Crippen LogP contribution is -2.57. The van der Waals surface area contributed by atoms with Crippen molar-refractivity contribution in [2.75, 3.05) is 13.2 Å². The molecule has 34 heavy (non-hydrogen) atoms. The molecule has 2 saturated carbocycles. The number of carboxylic acid groups (broad SMARTS) is 1. The number of alkyl carbamates (subject to hydrolysis) is 1. The molecule has 2 aromatic rings. The molecule has 176 valence electrons. The van der Waals surface area contributed by atoms with Crippen LogP contribution in [0.3, 0.4) is 0 Å². The van der Waals surface area contributed by atoms with Crippen LogP contribution < -0.4 is 5.32 Å². The molecule has 7 heteroatoms. The van der Waals surface area contributed by atoms with E-state index in [-0.39, 0.29) is 30.4 Å². The molecule has 0 spiro atoms. The maximum absolute atomic E-state index is 13.3. The summed E-state index contributed by atoms with van der Waals surface area (Å²) < 4.78 is 5.67. The molecule has 4 fully saturated rings. The van der Waals surface area contributed by atoms with Crippen molar-refractivity contribution in [3.8, 4) is 11.1 Å². The van der Waals surface area contributed by atoms with Gasteiger partial charge in [-0.3, -0.25) is 4.79 Å². The molecule has 2 bridgehead atoms. The van der Waals surface area contributed by atoms with Gasteiger partial charge in [-0.1, -0.05) is 55.0 Å². The fraction of sp³-hybridized carbons (Fsp3) is 0.444. The van der Waals surface area contributed by atoms with Crippen LogP contribution in [0, 0.1) is 11.8 Å². The third-order valence-corrected chi connectivity index (χ3v) is 8.35. The van der Waals surface area contributed by atoms with Crippen molar-refractivity contribution in [1.29, 1.82) is 0 Å². The van der Waals surface area contributed by atoms with Crippen LogP contribution >= 0.6 is 0 Å². The number of hydrogen-bond donors (Lipinski definition) is 2. The standard InChI is InChI=1S/C27H28N2O5/c30-24(29-14-16-12-27(29,13-16)25(31)32)21-10-5-11-23(21)28-26(33)34-15-22-19-8-3-1-6-17(19)18-7-2-4-9-20(18)22/h1-4,6-9,16,21-23H,5,10-15H2,(H,28,33)(H,31,32). The topological polar surface area (TPSA) is 95.9 Å². The van der Waals surface area contributed by atoms with Gasteiger partial charge in [0.2, 0.25) is 5.91 Å². The van der Waals surface area contributed by atoms with Crippen LogP contribution in [0.15, 0.2) is 48.5 Å². The molecule has 5 aliphatic rings. The number of aliphatic carboxylic acids is 1. The molecule has 0 aromatic heterocycles. The maximum atomic E-state index is 13.3. The molecule has 2 saturated heterocycles. The lowest BCUT2D eigenvalue weighted by Gasteiger charge is -2.39. The van der Waals surface area contributed by atoms with Gasteiger partial charge in [0.1, 0.15) is 12.1 Å². The highest BCUT2D eigenvalue weighted by Crippen LogP contribution is 2.52. The van der Waals surface area contributed by atoms with Gasteiger partial charge in [0.25, 0.3) is 0 Å². The zero-order valence-corrected chi connectivity index (χ0v) is 18.9. The fourth-order valence-electron chi connectivity index (χ4n) is 6.69. The number of fused-ring (bicyclic) bond motifs is 4. The summed E-state index contributed by atoms with van der Waals surface area (Å²) in [6, 6.07) is 16.0. The maximum Gasteiger partial charge on any atom is 0.407 e. The summed E-state index contributed by atoms with van der Waals surface area (Å²) in [6.07, 6.45) is 2.74. The number of rotatable bonds is 5. The minimum atomic E-state index is -1.03. The van der Waals surface area contributed by atoms with Crippen LogP contribution in [0.25, 0.3) is 11.1 Å². The van der Waals surface area contributed by atoms with E-state index in [4.69, 9.17) is 4.74 Å². The summed E-state index contributed by atoms with van der Waals surface area (Å²) in [5, 5.41) is 12.6. The Bertz CT molecular complexity index is 1130. The van der Waals surface area contributed by atoms with E-state index in [9.17, 15) is 19.5 Å². The number of ether oxygens (including phenoxy) is 1. The van der Waals surface area contributed by atoms with Crippen molar-refractivity contribution in [2.24, 2.45) is 11.8 Å². The van der Waals surface area contributed by atoms with Gasteiger partial charge in [0, 0.05) is 18.5 Å². The van der Waals surface area contributed by atoms with Gasteiger partial charge >= 0.3 is 12.1 Å². The molecule has 0 radical (unpaired) electrons. The second-order valence-electron chi connectivity index (χ2n) is 10.2. The molecule has 2 amide bonds. The van der Waals surface area contributed by atoms with Crippen molar-refractivity contribution in [1.82, 2.24) is 10.2 Å². The number of nitrogens with zero attached hydrogens (tertiary/aromatic N) is 1. The first-order valence-corrected chi connectivity index (χ1v) is 12.1. The molecular formula is C27H28N2O5. The van der Waals surface area contributed by atoms with Gasteiger partial charge in [-0.15, -0.1) is 0 Å². The van der Waals surface area contributed by atoms with Crippen molar-refractivity contribution >= 4 is 18.0 Å². The summed E-state index contributed by atoms with van der Waals surface area (Å²) in [5.74, 6) is -1.17. The van der Waals surface area contributed by atoms with Crippen molar-refractivity contribution < 1.29 is 24.2 Å². The van der Waals surface area contributed by atoms with Crippen LogP contribution in [0.4, 0.5) is 4.79 Å². The van der Waals surface area contributed by atoms with Gasteiger partial charge in [-0.05, 0) is 53.9 Å². The van der Waals surface area contributed by atoms with Gasteiger partial charge < -0.3 is 20.1 Å². The van der Waals surface area contributed by atoms with E-state index in [1.54, 1.807) is 4.90 Å². The highest BCUT2D eigenvalue weighted by molar-refractivity contribution is 5.91. The Morgan fingerprint density at radius 2 is 1.65 bits per heavy atom. The predicted octanol–water partition coefficient (Wildman–Crippen LogP) is 3.77. The smallest absolute Gasteiger partial charge is 0.407 e. The number of benzene rings is 2. The minimum Gasteiger partial charge on any atom is -0.479 e. The van der Waals surface area contributed by atoms with Crippen LogP contribution in [0.2, 0.25) is 0 Å². The van der Waals surface area contributed by atoms with Crippen LogP contribution in [0.5, 0.6) is 0 Å². The lowest BCUT2D eigenvalue weighted by atomic mass is 9.73. The lowest BCUT2D eigenvalue weighted by molar-refractivity contribution is -0.160. The number of hydrogen-bond acceptors (Lipinski definition) is 4. The summed E-state index contributed by atoms with van der Waals surface area (Å²) in [5.41, 5.74) is 3.61. The van der Waals surface area contributed by atoms with E-state index in [1.807, 2.05) is 24.3 Å². The summed E-state index contributed by atoms with van der Waals surface area (Å²) >= 11 is 0. The predicted molar refractivity (Wildman–Crippen MR) is 124 cm³/mol. The Kier molecular flexibility index (Phi) is 4.90. The molecule has 2 atom stereocenters. The molecule has 3 aliphatic carbocycles. The van der Waals surface area contributed by atoms with Gasteiger partial charge in [0.15, 0.2) is 0 Å². The SMILES string of the molecule is O=C(NC1CCCC1C(=O)N1CC2CC1(C(=O)O)C2)OCC1c2ccccc2-c2ccccc21. The highest BCUT2D eigenvalue weighted by Gasteiger charge is 2.63. The first kappa shape index (κ1) is 21.2. The molecule has 7 rings (SSSR count). The summed E-state index contributed by atoms with van der Waals surface area (Å²) in [7, 11) is 0. The van der Waals surface area contributed by atoms with Gasteiger partial charge in [-0.2, -0.15) is 0 Å². The molecule has 2 unspecified atom stereocenters. The number of nitrogens with one attached hydrogen (secondary N) is 1. The Balaban J connectivity index is 1.11. The van der Waals surface area contributed by atoms with Crippen LogP contribution in [-0.2, 0) is 14.3 Å². The number of amides is 2. The van der Waals surface area contributed by atoms with E-state index in [2.05, 4.69) is 29.6 Å². The van der Waals surface area contributed by atoms with Gasteiger partial charge in [0.05, 0.1) is 5.92 Å². The average Bonchev–Trinajstić information content (AvgIpc) is 3.57. The first-order chi connectivity index (χ1) is 16.5. The third-order valence-electron chi connectivity index (χ3n) is 8.35. The van der Waals surface area contributed by atoms with Crippen molar-refractivity contribution in [3.63, 3.8) is 0 Å². The molecule has 2 aliphatic heterocycles. The second kappa shape index (κ2) is 7.86. The fourth-order valence-corrected chi connectivity index (χ4v) is 6.69. The quantitative estimate of drug-likeness (QED) is 0.708.